The monoisotopic (exact) mass is 335 g/mol. The smallest absolute Gasteiger partial charge is 0.274 e. The van der Waals surface area contributed by atoms with Gasteiger partial charge in [0.2, 0.25) is 5.88 Å². The molecule has 0 aliphatic carbocycles. The number of hydrogen-bond acceptors (Lipinski definition) is 6. The summed E-state index contributed by atoms with van der Waals surface area (Å²) in [6.45, 7) is 1.25. The molecule has 1 saturated heterocycles. The highest BCUT2D eigenvalue weighted by Crippen LogP contribution is 2.25. The van der Waals surface area contributed by atoms with Gasteiger partial charge < -0.3 is 9.64 Å². The molecule has 1 aromatic carbocycles. The lowest BCUT2D eigenvalue weighted by Gasteiger charge is -2.31. The molecule has 0 radical (unpaired) electrons. The highest BCUT2D eigenvalue weighted by molar-refractivity contribution is 5.92. The Kier molecular flexibility index (Phi) is 4.20. The number of carbonyl (C=O) groups excluding carboxylic acids is 1. The van der Waals surface area contributed by atoms with Crippen LogP contribution in [0.1, 0.15) is 23.3 Å². The van der Waals surface area contributed by atoms with Gasteiger partial charge in [-0.25, -0.2) is 4.98 Å². The maximum atomic E-state index is 12.4. The zero-order valence-electron chi connectivity index (χ0n) is 13.6. The van der Waals surface area contributed by atoms with Crippen LogP contribution >= 0.6 is 0 Å². The summed E-state index contributed by atoms with van der Waals surface area (Å²) in [5, 5.41) is 10.1. The van der Waals surface area contributed by atoms with E-state index in [4.69, 9.17) is 4.74 Å². The Bertz CT molecular complexity index is 874. The molecule has 0 saturated carbocycles. The van der Waals surface area contributed by atoms with Crippen molar-refractivity contribution < 1.29 is 9.53 Å². The van der Waals surface area contributed by atoms with Crippen molar-refractivity contribution in [1.82, 2.24) is 25.1 Å². The minimum Gasteiger partial charge on any atom is -0.473 e. The predicted molar refractivity (Wildman–Crippen MR) is 91.1 cm³/mol. The quantitative estimate of drug-likeness (QED) is 0.729. The lowest BCUT2D eigenvalue weighted by Crippen LogP contribution is -2.42. The SMILES string of the molecule is O=C(c1cnccn1)N1CCC(Oc2nncc3ccccc23)CC1. The summed E-state index contributed by atoms with van der Waals surface area (Å²) in [6, 6.07) is 7.88. The number of ether oxygens (including phenoxy) is 1. The molecule has 3 aromatic rings. The predicted octanol–water partition coefficient (Wildman–Crippen LogP) is 2.10. The van der Waals surface area contributed by atoms with E-state index in [0.29, 0.717) is 24.7 Å². The Labute approximate surface area is 144 Å². The van der Waals surface area contributed by atoms with Crippen molar-refractivity contribution in [2.24, 2.45) is 0 Å². The molecule has 25 heavy (non-hydrogen) atoms. The van der Waals surface area contributed by atoms with E-state index in [1.54, 1.807) is 17.3 Å². The van der Waals surface area contributed by atoms with Crippen molar-refractivity contribution in [3.05, 3.63) is 54.7 Å². The molecule has 7 heteroatoms. The molecule has 126 valence electrons. The van der Waals surface area contributed by atoms with E-state index in [9.17, 15) is 4.79 Å². The molecule has 0 N–H and O–H groups in total. The van der Waals surface area contributed by atoms with Gasteiger partial charge in [0.15, 0.2) is 0 Å². The minimum absolute atomic E-state index is 0.0195. The Hall–Kier alpha value is -3.09. The Morgan fingerprint density at radius 3 is 2.76 bits per heavy atom. The molecule has 1 fully saturated rings. The number of piperidine rings is 1. The van der Waals surface area contributed by atoms with E-state index in [-0.39, 0.29) is 12.0 Å². The second-order valence-corrected chi connectivity index (χ2v) is 5.94. The van der Waals surface area contributed by atoms with Crippen LogP contribution in [-0.2, 0) is 0 Å². The van der Waals surface area contributed by atoms with E-state index < -0.39 is 0 Å². The van der Waals surface area contributed by atoms with Gasteiger partial charge in [-0.15, -0.1) is 5.10 Å². The lowest BCUT2D eigenvalue weighted by molar-refractivity contribution is 0.0583. The fraction of sp³-hybridized carbons (Fsp3) is 0.278. The molecule has 0 bridgehead atoms. The summed E-state index contributed by atoms with van der Waals surface area (Å²) in [5.74, 6) is 0.466. The van der Waals surface area contributed by atoms with Crippen LogP contribution in [-0.4, -0.2) is 50.2 Å². The molecule has 0 unspecified atom stereocenters. The summed E-state index contributed by atoms with van der Waals surface area (Å²) < 4.78 is 6.06. The molecule has 4 rings (SSSR count). The largest absolute Gasteiger partial charge is 0.473 e. The molecule has 7 nitrogen and oxygen atoms in total. The first-order valence-corrected chi connectivity index (χ1v) is 8.23. The average Bonchev–Trinajstić information content (AvgIpc) is 2.69. The van der Waals surface area contributed by atoms with Crippen molar-refractivity contribution in [2.45, 2.75) is 18.9 Å². The first kappa shape index (κ1) is 15.4. The first-order chi connectivity index (χ1) is 12.3. The Balaban J connectivity index is 1.41. The number of rotatable bonds is 3. The van der Waals surface area contributed by atoms with E-state index >= 15 is 0 Å². The molecule has 2 aromatic heterocycles. The molecule has 1 aliphatic heterocycles. The fourth-order valence-corrected chi connectivity index (χ4v) is 2.99. The van der Waals surface area contributed by atoms with Crippen molar-refractivity contribution in [2.75, 3.05) is 13.1 Å². The van der Waals surface area contributed by atoms with E-state index in [2.05, 4.69) is 20.2 Å². The van der Waals surface area contributed by atoms with Crippen molar-refractivity contribution >= 4 is 16.7 Å². The number of carbonyl (C=O) groups is 1. The molecular weight excluding hydrogens is 318 g/mol. The second-order valence-electron chi connectivity index (χ2n) is 5.94. The van der Waals surface area contributed by atoms with Crippen LogP contribution < -0.4 is 4.74 Å². The lowest BCUT2D eigenvalue weighted by atomic mass is 10.1. The number of fused-ring (bicyclic) bond motifs is 1. The molecule has 1 aliphatic rings. The zero-order chi connectivity index (χ0) is 17.1. The number of likely N-dealkylation sites (tertiary alicyclic amines) is 1. The normalized spacial score (nSPS) is 15.3. The van der Waals surface area contributed by atoms with Gasteiger partial charge in [0.25, 0.3) is 5.91 Å². The third kappa shape index (κ3) is 3.26. The number of amides is 1. The third-order valence-electron chi connectivity index (χ3n) is 4.33. The molecular formula is C18H17N5O2. The number of nitrogens with zero attached hydrogens (tertiary/aromatic N) is 5. The number of benzene rings is 1. The van der Waals surface area contributed by atoms with Gasteiger partial charge in [0.05, 0.1) is 12.4 Å². The molecule has 0 spiro atoms. The van der Waals surface area contributed by atoms with Gasteiger partial charge in [-0.2, -0.15) is 5.10 Å². The van der Waals surface area contributed by atoms with Gasteiger partial charge >= 0.3 is 0 Å². The highest BCUT2D eigenvalue weighted by Gasteiger charge is 2.26. The molecule has 1 amide bonds. The Morgan fingerprint density at radius 2 is 1.96 bits per heavy atom. The van der Waals surface area contributed by atoms with Gasteiger partial charge in [0.1, 0.15) is 11.8 Å². The van der Waals surface area contributed by atoms with E-state index in [1.807, 2.05) is 24.3 Å². The zero-order valence-corrected chi connectivity index (χ0v) is 13.6. The molecule has 0 atom stereocenters. The van der Waals surface area contributed by atoms with Crippen molar-refractivity contribution in [3.63, 3.8) is 0 Å². The van der Waals surface area contributed by atoms with E-state index in [1.165, 1.54) is 12.4 Å². The maximum absolute atomic E-state index is 12.4. The van der Waals surface area contributed by atoms with Crippen LogP contribution in [0.15, 0.2) is 49.1 Å². The van der Waals surface area contributed by atoms with Crippen LogP contribution in [0, 0.1) is 0 Å². The summed E-state index contributed by atoms with van der Waals surface area (Å²) in [7, 11) is 0. The summed E-state index contributed by atoms with van der Waals surface area (Å²) in [6.07, 6.45) is 7.82. The molecule has 3 heterocycles. The maximum Gasteiger partial charge on any atom is 0.274 e. The topological polar surface area (TPSA) is 81.1 Å². The van der Waals surface area contributed by atoms with Crippen molar-refractivity contribution in [3.8, 4) is 5.88 Å². The second kappa shape index (κ2) is 6.80. The summed E-state index contributed by atoms with van der Waals surface area (Å²) in [4.78, 5) is 22.2. The first-order valence-electron chi connectivity index (χ1n) is 8.23. The van der Waals surface area contributed by atoms with Crippen molar-refractivity contribution in [1.29, 1.82) is 0 Å². The van der Waals surface area contributed by atoms with Crippen LogP contribution in [0.5, 0.6) is 5.88 Å². The van der Waals surface area contributed by atoms with Gasteiger partial charge in [0, 0.05) is 49.1 Å². The highest BCUT2D eigenvalue weighted by atomic mass is 16.5. The standard InChI is InChI=1S/C18H17N5O2/c24-18(16-12-19-7-8-20-16)23-9-5-14(6-10-23)25-17-15-4-2-1-3-13(15)11-21-22-17/h1-4,7-8,11-12,14H,5-6,9-10H2. The summed E-state index contributed by atoms with van der Waals surface area (Å²) >= 11 is 0. The fourth-order valence-electron chi connectivity index (χ4n) is 2.99. The third-order valence-corrected chi connectivity index (χ3v) is 4.33. The number of aromatic nitrogens is 4. The average molecular weight is 335 g/mol. The summed E-state index contributed by atoms with van der Waals surface area (Å²) in [5.41, 5.74) is 0.377. The van der Waals surface area contributed by atoms with Crippen LogP contribution in [0.4, 0.5) is 0 Å². The van der Waals surface area contributed by atoms with Gasteiger partial charge in [-0.1, -0.05) is 18.2 Å². The van der Waals surface area contributed by atoms with Crippen LogP contribution in [0.25, 0.3) is 10.8 Å². The van der Waals surface area contributed by atoms with Gasteiger partial charge in [-0.05, 0) is 6.07 Å². The minimum atomic E-state index is -0.0866. The Morgan fingerprint density at radius 1 is 1.12 bits per heavy atom. The van der Waals surface area contributed by atoms with E-state index in [0.717, 1.165) is 23.6 Å². The number of hydrogen-bond donors (Lipinski definition) is 0. The van der Waals surface area contributed by atoms with Crippen LogP contribution in [0.2, 0.25) is 0 Å². The van der Waals surface area contributed by atoms with Crippen LogP contribution in [0.3, 0.4) is 0 Å². The van der Waals surface area contributed by atoms with Gasteiger partial charge in [-0.3, -0.25) is 9.78 Å².